The lowest BCUT2D eigenvalue weighted by Gasteiger charge is -2.31. The average molecular weight is 264 g/mol. The normalized spacial score (nSPS) is 17.3. The maximum absolute atomic E-state index is 11.8. The van der Waals surface area contributed by atoms with Gasteiger partial charge in [0.2, 0.25) is 0 Å². The van der Waals surface area contributed by atoms with E-state index >= 15 is 0 Å². The molecule has 2 heterocycles. The number of likely N-dealkylation sites (tertiary alicyclic amines) is 1. The van der Waals surface area contributed by atoms with Crippen molar-refractivity contribution in [2.45, 2.75) is 12.8 Å². The molecular weight excluding hydrogens is 244 g/mol. The van der Waals surface area contributed by atoms with Crippen molar-refractivity contribution < 1.29 is 9.90 Å². The molecular formula is C13H20N4O2. The van der Waals surface area contributed by atoms with Crippen LogP contribution in [0.3, 0.4) is 0 Å². The molecule has 1 aromatic rings. The number of piperidine rings is 1. The minimum Gasteiger partial charge on any atom is -0.395 e. The number of hydrogen-bond donors (Lipinski definition) is 2. The first-order valence-corrected chi connectivity index (χ1v) is 6.66. The number of nitrogens with zero attached hydrogens (tertiary/aromatic N) is 3. The van der Waals surface area contributed by atoms with Crippen molar-refractivity contribution >= 4 is 5.91 Å². The van der Waals surface area contributed by atoms with Crippen molar-refractivity contribution in [3.8, 4) is 0 Å². The standard InChI is InChI=1S/C13H20N4O2/c18-6-5-17-3-1-11(2-4-17)7-16-13(19)12-8-14-10-15-9-12/h8-11,18H,1-7H2,(H,16,19). The van der Waals surface area contributed by atoms with Crippen LogP contribution < -0.4 is 5.32 Å². The van der Waals surface area contributed by atoms with Crippen molar-refractivity contribution in [1.82, 2.24) is 20.2 Å². The van der Waals surface area contributed by atoms with Gasteiger partial charge in [-0.25, -0.2) is 9.97 Å². The Morgan fingerprint density at radius 1 is 1.37 bits per heavy atom. The lowest BCUT2D eigenvalue weighted by molar-refractivity contribution is 0.0932. The third kappa shape index (κ3) is 4.25. The molecule has 0 unspecified atom stereocenters. The number of carbonyl (C=O) groups excluding carboxylic acids is 1. The van der Waals surface area contributed by atoms with Crippen LogP contribution in [0.15, 0.2) is 18.7 Å². The molecule has 0 spiro atoms. The summed E-state index contributed by atoms with van der Waals surface area (Å²) in [6, 6.07) is 0. The first-order chi connectivity index (χ1) is 9.29. The topological polar surface area (TPSA) is 78.4 Å². The molecule has 6 nitrogen and oxygen atoms in total. The molecule has 1 aromatic heterocycles. The second-order valence-electron chi connectivity index (χ2n) is 4.85. The molecule has 0 saturated carbocycles. The molecule has 19 heavy (non-hydrogen) atoms. The fourth-order valence-electron chi connectivity index (χ4n) is 2.31. The third-order valence-corrected chi connectivity index (χ3v) is 3.50. The molecule has 2 rings (SSSR count). The van der Waals surface area contributed by atoms with E-state index in [2.05, 4.69) is 20.2 Å². The van der Waals surface area contributed by atoms with Gasteiger partial charge in [0.1, 0.15) is 6.33 Å². The highest BCUT2D eigenvalue weighted by Gasteiger charge is 2.19. The van der Waals surface area contributed by atoms with Crippen LogP contribution in [0.4, 0.5) is 0 Å². The number of aliphatic hydroxyl groups excluding tert-OH is 1. The smallest absolute Gasteiger partial charge is 0.254 e. The summed E-state index contributed by atoms with van der Waals surface area (Å²) in [6.45, 7) is 3.65. The number of β-amino-alcohol motifs (C(OH)–C–C–N with tert-alkyl or cyclic N) is 1. The van der Waals surface area contributed by atoms with Crippen molar-refractivity contribution in [1.29, 1.82) is 0 Å². The van der Waals surface area contributed by atoms with Crippen LogP contribution in [-0.2, 0) is 0 Å². The zero-order chi connectivity index (χ0) is 13.5. The molecule has 104 valence electrons. The van der Waals surface area contributed by atoms with Crippen LogP contribution in [0.25, 0.3) is 0 Å². The Balaban J connectivity index is 1.71. The van der Waals surface area contributed by atoms with Crippen molar-refractivity contribution in [2.24, 2.45) is 5.92 Å². The summed E-state index contributed by atoms with van der Waals surface area (Å²) in [5, 5.41) is 11.8. The van der Waals surface area contributed by atoms with Crippen molar-refractivity contribution in [3.05, 3.63) is 24.3 Å². The van der Waals surface area contributed by atoms with E-state index in [1.54, 1.807) is 0 Å². The van der Waals surface area contributed by atoms with Crippen LogP contribution in [0, 0.1) is 5.92 Å². The first-order valence-electron chi connectivity index (χ1n) is 6.66. The summed E-state index contributed by atoms with van der Waals surface area (Å²) >= 11 is 0. The number of aliphatic hydroxyl groups is 1. The lowest BCUT2D eigenvalue weighted by Crippen LogP contribution is -2.39. The fraction of sp³-hybridized carbons (Fsp3) is 0.615. The molecule has 0 bridgehead atoms. The summed E-state index contributed by atoms with van der Waals surface area (Å²) in [4.78, 5) is 21.7. The Kier molecular flexibility index (Phi) is 5.23. The maximum atomic E-state index is 11.8. The summed E-state index contributed by atoms with van der Waals surface area (Å²) < 4.78 is 0. The van der Waals surface area contributed by atoms with Gasteiger partial charge in [-0.15, -0.1) is 0 Å². The SMILES string of the molecule is O=C(NCC1CCN(CCO)CC1)c1cncnc1. The second-order valence-corrected chi connectivity index (χ2v) is 4.85. The number of carbonyl (C=O) groups is 1. The van der Waals surface area contributed by atoms with E-state index in [1.807, 2.05) is 0 Å². The predicted octanol–water partition coefficient (Wildman–Crippen LogP) is -0.0893. The van der Waals surface area contributed by atoms with E-state index < -0.39 is 0 Å². The zero-order valence-corrected chi connectivity index (χ0v) is 11.0. The van der Waals surface area contributed by atoms with Crippen LogP contribution in [0.5, 0.6) is 0 Å². The molecule has 0 aromatic carbocycles. The van der Waals surface area contributed by atoms with Crippen LogP contribution in [-0.4, -0.2) is 58.7 Å². The Bertz CT molecular complexity index is 391. The summed E-state index contributed by atoms with van der Waals surface area (Å²) in [5.41, 5.74) is 0.500. The fourth-order valence-corrected chi connectivity index (χ4v) is 2.31. The van der Waals surface area contributed by atoms with Crippen molar-refractivity contribution in [3.63, 3.8) is 0 Å². The Labute approximate surface area is 112 Å². The first kappa shape index (κ1) is 13.9. The summed E-state index contributed by atoms with van der Waals surface area (Å²) in [6.07, 6.45) is 6.57. The molecule has 1 amide bonds. The van der Waals surface area contributed by atoms with E-state index in [-0.39, 0.29) is 12.5 Å². The van der Waals surface area contributed by atoms with Crippen LogP contribution in [0.1, 0.15) is 23.2 Å². The van der Waals surface area contributed by atoms with Crippen LogP contribution >= 0.6 is 0 Å². The van der Waals surface area contributed by atoms with Crippen molar-refractivity contribution in [2.75, 3.05) is 32.8 Å². The molecule has 0 radical (unpaired) electrons. The highest BCUT2D eigenvalue weighted by atomic mass is 16.3. The highest BCUT2D eigenvalue weighted by molar-refractivity contribution is 5.93. The van der Waals surface area contributed by atoms with Gasteiger partial charge in [-0.3, -0.25) is 4.79 Å². The number of hydrogen-bond acceptors (Lipinski definition) is 5. The van der Waals surface area contributed by atoms with Gasteiger partial charge in [-0.2, -0.15) is 0 Å². The largest absolute Gasteiger partial charge is 0.395 e. The van der Waals surface area contributed by atoms with E-state index in [9.17, 15) is 4.79 Å². The molecule has 1 fully saturated rings. The minimum atomic E-state index is -0.113. The van der Waals surface area contributed by atoms with Gasteiger partial charge in [0.05, 0.1) is 12.2 Å². The number of amides is 1. The predicted molar refractivity (Wildman–Crippen MR) is 70.6 cm³/mol. The average Bonchev–Trinajstić information content (AvgIpc) is 2.47. The van der Waals surface area contributed by atoms with Gasteiger partial charge < -0.3 is 15.3 Å². The molecule has 6 heteroatoms. The van der Waals surface area contributed by atoms with E-state index in [4.69, 9.17) is 5.11 Å². The summed E-state index contributed by atoms with van der Waals surface area (Å²) in [7, 11) is 0. The zero-order valence-electron chi connectivity index (χ0n) is 11.0. The minimum absolute atomic E-state index is 0.113. The molecule has 0 aliphatic carbocycles. The molecule has 1 aliphatic heterocycles. The van der Waals surface area contributed by atoms with Gasteiger partial charge in [0.25, 0.3) is 5.91 Å². The molecule has 2 N–H and O–H groups in total. The molecule has 0 atom stereocenters. The highest BCUT2D eigenvalue weighted by Crippen LogP contribution is 2.15. The Hall–Kier alpha value is -1.53. The number of nitrogens with one attached hydrogen (secondary N) is 1. The quantitative estimate of drug-likeness (QED) is 0.777. The number of aromatic nitrogens is 2. The second kappa shape index (κ2) is 7.16. The van der Waals surface area contributed by atoms with Crippen LogP contribution in [0.2, 0.25) is 0 Å². The lowest BCUT2D eigenvalue weighted by atomic mass is 9.97. The number of rotatable bonds is 5. The van der Waals surface area contributed by atoms with E-state index in [0.29, 0.717) is 18.0 Å². The summed E-state index contributed by atoms with van der Waals surface area (Å²) in [5.74, 6) is 0.405. The Morgan fingerprint density at radius 2 is 2.05 bits per heavy atom. The van der Waals surface area contributed by atoms with Gasteiger partial charge in [-0.05, 0) is 31.8 Å². The van der Waals surface area contributed by atoms with E-state index in [1.165, 1.54) is 18.7 Å². The van der Waals surface area contributed by atoms with E-state index in [0.717, 1.165) is 32.5 Å². The molecule has 1 aliphatic rings. The Morgan fingerprint density at radius 3 is 2.68 bits per heavy atom. The maximum Gasteiger partial charge on any atom is 0.254 e. The van der Waals surface area contributed by atoms with Gasteiger partial charge in [-0.1, -0.05) is 0 Å². The van der Waals surface area contributed by atoms with Gasteiger partial charge in [0.15, 0.2) is 0 Å². The van der Waals surface area contributed by atoms with Gasteiger partial charge >= 0.3 is 0 Å². The monoisotopic (exact) mass is 264 g/mol. The third-order valence-electron chi connectivity index (χ3n) is 3.50. The molecule has 1 saturated heterocycles. The van der Waals surface area contributed by atoms with Gasteiger partial charge in [0, 0.05) is 25.5 Å².